The number of carbonyl (C=O) groups is 1. The zero-order chi connectivity index (χ0) is 15.6. The summed E-state index contributed by atoms with van der Waals surface area (Å²) in [4.78, 5) is 12.1. The van der Waals surface area contributed by atoms with Gasteiger partial charge in [-0.2, -0.15) is 0 Å². The minimum Gasteiger partial charge on any atom is -0.390 e. The average Bonchev–Trinajstić information content (AvgIpc) is 2.77. The van der Waals surface area contributed by atoms with Gasteiger partial charge in [0.1, 0.15) is 0 Å². The summed E-state index contributed by atoms with van der Waals surface area (Å²) in [5, 5.41) is 17.3. The van der Waals surface area contributed by atoms with E-state index in [9.17, 15) is 9.90 Å². The molecule has 0 radical (unpaired) electrons. The van der Waals surface area contributed by atoms with Crippen molar-refractivity contribution < 1.29 is 14.6 Å². The lowest BCUT2D eigenvalue weighted by molar-refractivity contribution is -0.123. The Hall–Kier alpha value is -1.43. The van der Waals surface area contributed by atoms with Crippen LogP contribution in [0.5, 0.6) is 0 Å². The van der Waals surface area contributed by atoms with Gasteiger partial charge in [-0.1, -0.05) is 24.3 Å². The van der Waals surface area contributed by atoms with Crippen LogP contribution in [-0.2, 0) is 14.9 Å². The van der Waals surface area contributed by atoms with Crippen molar-refractivity contribution in [2.75, 3.05) is 26.8 Å². The fraction of sp³-hybridized carbons (Fsp3) is 0.588. The van der Waals surface area contributed by atoms with Crippen LogP contribution in [0.25, 0.3) is 0 Å². The highest BCUT2D eigenvalue weighted by molar-refractivity contribution is 5.77. The lowest BCUT2D eigenvalue weighted by Crippen LogP contribution is -2.48. The van der Waals surface area contributed by atoms with Crippen molar-refractivity contribution in [3.05, 3.63) is 35.4 Å². The van der Waals surface area contributed by atoms with Crippen LogP contribution in [0.2, 0.25) is 0 Å². The van der Waals surface area contributed by atoms with Crippen LogP contribution >= 0.6 is 0 Å². The third-order valence-electron chi connectivity index (χ3n) is 5.06. The Balaban J connectivity index is 1.87. The van der Waals surface area contributed by atoms with Gasteiger partial charge in [0.2, 0.25) is 5.91 Å². The van der Waals surface area contributed by atoms with E-state index < -0.39 is 6.10 Å². The second kappa shape index (κ2) is 6.36. The number of rotatable bonds is 4. The Morgan fingerprint density at radius 2 is 2.14 bits per heavy atom. The quantitative estimate of drug-likeness (QED) is 0.772. The van der Waals surface area contributed by atoms with Crippen molar-refractivity contribution in [1.82, 2.24) is 10.6 Å². The molecule has 22 heavy (non-hydrogen) atoms. The van der Waals surface area contributed by atoms with E-state index in [0.29, 0.717) is 13.0 Å². The van der Waals surface area contributed by atoms with Gasteiger partial charge in [-0.25, -0.2) is 0 Å². The predicted octanol–water partition coefficient (Wildman–Crippen LogP) is 0.876. The first-order valence-electron chi connectivity index (χ1n) is 7.95. The van der Waals surface area contributed by atoms with E-state index in [4.69, 9.17) is 4.74 Å². The van der Waals surface area contributed by atoms with Crippen molar-refractivity contribution in [2.24, 2.45) is 0 Å². The molecule has 1 aromatic rings. The fourth-order valence-electron chi connectivity index (χ4n) is 3.91. The first-order valence-corrected chi connectivity index (χ1v) is 7.95. The normalized spacial score (nSPS) is 25.9. The summed E-state index contributed by atoms with van der Waals surface area (Å²) in [6, 6.07) is 7.80. The molecule has 3 N–H and O–H groups in total. The second-order valence-electron chi connectivity index (χ2n) is 6.23. The first-order chi connectivity index (χ1) is 10.7. The van der Waals surface area contributed by atoms with Crippen molar-refractivity contribution in [2.45, 2.75) is 36.8 Å². The maximum atomic E-state index is 12.1. The molecule has 1 aliphatic heterocycles. The molecule has 1 heterocycles. The summed E-state index contributed by atoms with van der Waals surface area (Å²) in [6.45, 7) is 2.19. The smallest absolute Gasteiger partial charge is 0.222 e. The van der Waals surface area contributed by atoms with Crippen LogP contribution < -0.4 is 10.6 Å². The maximum Gasteiger partial charge on any atom is 0.222 e. The molecule has 0 saturated carbocycles. The van der Waals surface area contributed by atoms with Crippen molar-refractivity contribution in [1.29, 1.82) is 0 Å². The van der Waals surface area contributed by atoms with Crippen molar-refractivity contribution in [3.8, 4) is 0 Å². The highest BCUT2D eigenvalue weighted by Gasteiger charge is 2.51. The number of fused-ring (bicyclic) bond motifs is 2. The zero-order valence-corrected chi connectivity index (χ0v) is 13.0. The van der Waals surface area contributed by atoms with E-state index in [1.165, 1.54) is 5.56 Å². The SMILES string of the molecule is COCCC(=O)N[C@@H]1c2ccccc2C2(CCNCC2)[C@H]1O. The Morgan fingerprint density at radius 3 is 2.86 bits per heavy atom. The highest BCUT2D eigenvalue weighted by Crippen LogP contribution is 2.49. The molecule has 5 nitrogen and oxygen atoms in total. The molecular weight excluding hydrogens is 280 g/mol. The van der Waals surface area contributed by atoms with E-state index in [1.807, 2.05) is 18.2 Å². The van der Waals surface area contributed by atoms with Crippen LogP contribution in [0.3, 0.4) is 0 Å². The molecule has 1 aromatic carbocycles. The number of nitrogens with one attached hydrogen (secondary N) is 2. The molecule has 1 spiro atoms. The molecule has 5 heteroatoms. The van der Waals surface area contributed by atoms with Gasteiger partial charge in [0.15, 0.2) is 0 Å². The van der Waals surface area contributed by atoms with Crippen LogP contribution in [0, 0.1) is 0 Å². The van der Waals surface area contributed by atoms with Gasteiger partial charge in [0, 0.05) is 18.9 Å². The molecule has 120 valence electrons. The highest BCUT2D eigenvalue weighted by atomic mass is 16.5. The Kier molecular flexibility index (Phi) is 4.47. The molecule has 0 bridgehead atoms. The average molecular weight is 304 g/mol. The van der Waals surface area contributed by atoms with Crippen LogP contribution in [0.4, 0.5) is 0 Å². The monoisotopic (exact) mass is 304 g/mol. The Bertz CT molecular complexity index is 540. The number of aliphatic hydroxyl groups excluding tert-OH is 1. The second-order valence-corrected chi connectivity index (χ2v) is 6.23. The number of aliphatic hydroxyl groups is 1. The standard InChI is InChI=1S/C17H24N2O3/c1-22-11-6-14(20)19-15-12-4-2-3-5-13(12)17(16(15)21)7-9-18-10-8-17/h2-5,15-16,18,21H,6-11H2,1H3,(H,19,20)/t15-,16+/m1/s1. The molecule has 1 amide bonds. The van der Waals surface area contributed by atoms with Crippen molar-refractivity contribution in [3.63, 3.8) is 0 Å². The van der Waals surface area contributed by atoms with E-state index in [1.54, 1.807) is 7.11 Å². The predicted molar refractivity (Wildman–Crippen MR) is 83.6 cm³/mol. The largest absolute Gasteiger partial charge is 0.390 e. The molecule has 1 saturated heterocycles. The molecule has 0 unspecified atom stereocenters. The van der Waals surface area contributed by atoms with Gasteiger partial charge >= 0.3 is 0 Å². The zero-order valence-electron chi connectivity index (χ0n) is 13.0. The third-order valence-corrected chi connectivity index (χ3v) is 5.06. The molecule has 3 rings (SSSR count). The number of amides is 1. The summed E-state index contributed by atoms with van der Waals surface area (Å²) >= 11 is 0. The van der Waals surface area contributed by atoms with Gasteiger partial charge in [0.25, 0.3) is 0 Å². The molecule has 0 aromatic heterocycles. The van der Waals surface area contributed by atoms with Crippen LogP contribution in [0.15, 0.2) is 24.3 Å². The van der Waals surface area contributed by atoms with Gasteiger partial charge in [-0.3, -0.25) is 4.79 Å². The van der Waals surface area contributed by atoms with Gasteiger partial charge < -0.3 is 20.5 Å². The molecule has 1 fully saturated rings. The molecular formula is C17H24N2O3. The van der Waals surface area contributed by atoms with E-state index in [0.717, 1.165) is 31.5 Å². The number of piperidine rings is 1. The Morgan fingerprint density at radius 1 is 1.41 bits per heavy atom. The summed E-state index contributed by atoms with van der Waals surface area (Å²) in [7, 11) is 1.58. The molecule has 2 atom stereocenters. The first kappa shape index (κ1) is 15.5. The minimum absolute atomic E-state index is 0.0771. The summed E-state index contributed by atoms with van der Waals surface area (Å²) in [6.07, 6.45) is 1.54. The van der Waals surface area contributed by atoms with Gasteiger partial charge in [-0.05, 0) is 37.1 Å². The molecule has 2 aliphatic rings. The number of ether oxygens (including phenoxy) is 1. The van der Waals surface area contributed by atoms with E-state index >= 15 is 0 Å². The summed E-state index contributed by atoms with van der Waals surface area (Å²) < 4.78 is 4.95. The number of methoxy groups -OCH3 is 1. The Labute approximate surface area is 131 Å². The minimum atomic E-state index is -0.571. The summed E-state index contributed by atoms with van der Waals surface area (Å²) in [5.74, 6) is -0.0771. The third kappa shape index (κ3) is 2.53. The number of hydrogen-bond acceptors (Lipinski definition) is 4. The number of hydrogen-bond donors (Lipinski definition) is 3. The van der Waals surface area contributed by atoms with E-state index in [2.05, 4.69) is 16.7 Å². The van der Waals surface area contributed by atoms with E-state index in [-0.39, 0.29) is 17.4 Å². The van der Waals surface area contributed by atoms with Gasteiger partial charge in [0.05, 0.1) is 18.8 Å². The number of carbonyl (C=O) groups excluding carboxylic acids is 1. The maximum absolute atomic E-state index is 12.1. The topological polar surface area (TPSA) is 70.6 Å². The van der Waals surface area contributed by atoms with Crippen LogP contribution in [-0.4, -0.2) is 43.9 Å². The number of benzene rings is 1. The van der Waals surface area contributed by atoms with Crippen LogP contribution in [0.1, 0.15) is 36.4 Å². The fourth-order valence-corrected chi connectivity index (χ4v) is 3.91. The lowest BCUT2D eigenvalue weighted by atomic mass is 9.72. The lowest BCUT2D eigenvalue weighted by Gasteiger charge is -2.38. The molecule has 1 aliphatic carbocycles. The van der Waals surface area contributed by atoms with Crippen molar-refractivity contribution >= 4 is 5.91 Å². The summed E-state index contributed by atoms with van der Waals surface area (Å²) in [5.41, 5.74) is 2.02. The van der Waals surface area contributed by atoms with Gasteiger partial charge in [-0.15, -0.1) is 0 Å².